The first kappa shape index (κ1) is 33.3. The molecular formula is C26H39N5O10. The summed E-state index contributed by atoms with van der Waals surface area (Å²) in [5, 5.41) is 30.2. The summed E-state index contributed by atoms with van der Waals surface area (Å²) >= 11 is 0. The van der Waals surface area contributed by atoms with Gasteiger partial charge in [0.25, 0.3) is 6.47 Å². The number of aliphatic hydroxyl groups is 1. The van der Waals surface area contributed by atoms with Gasteiger partial charge in [-0.25, -0.2) is 9.59 Å². The number of hydrogen-bond acceptors (Lipinski definition) is 10. The minimum absolute atomic E-state index is 0.0146. The van der Waals surface area contributed by atoms with Crippen LogP contribution in [0.4, 0.5) is 10.5 Å². The van der Waals surface area contributed by atoms with Gasteiger partial charge in [0.2, 0.25) is 18.1 Å². The van der Waals surface area contributed by atoms with E-state index < -0.39 is 54.4 Å². The Morgan fingerprint density at radius 3 is 2.54 bits per heavy atom. The molecule has 1 fully saturated rings. The van der Waals surface area contributed by atoms with Crippen molar-refractivity contribution in [3.05, 3.63) is 23.8 Å². The van der Waals surface area contributed by atoms with Crippen molar-refractivity contribution in [1.82, 2.24) is 16.0 Å². The highest BCUT2D eigenvalue weighted by Gasteiger charge is 2.34. The SMILES string of the molecule is CNC(C(=O)NC(CCCNC(N)=O)C(=O)Nc1cc(COC=O)ccc1OC1CC(O)CC(C(=O)O)O1)C(C)C. The van der Waals surface area contributed by atoms with Crippen LogP contribution < -0.4 is 31.7 Å². The molecule has 228 valence electrons. The number of ether oxygens (including phenoxy) is 3. The van der Waals surface area contributed by atoms with Crippen molar-refractivity contribution < 1.29 is 48.4 Å². The van der Waals surface area contributed by atoms with Crippen LogP contribution in [0.1, 0.15) is 45.1 Å². The third kappa shape index (κ3) is 10.9. The molecule has 1 aliphatic heterocycles. The molecular weight excluding hydrogens is 542 g/mol. The predicted molar refractivity (Wildman–Crippen MR) is 145 cm³/mol. The summed E-state index contributed by atoms with van der Waals surface area (Å²) in [6.07, 6.45) is -3.05. The molecule has 41 heavy (non-hydrogen) atoms. The Kier molecular flexibility index (Phi) is 13.3. The number of carboxylic acids is 1. The second-order valence-corrected chi connectivity index (χ2v) is 9.87. The average Bonchev–Trinajstić information content (AvgIpc) is 2.90. The van der Waals surface area contributed by atoms with Gasteiger partial charge >= 0.3 is 12.0 Å². The fourth-order valence-electron chi connectivity index (χ4n) is 4.27. The lowest BCUT2D eigenvalue weighted by atomic mass is 10.0. The van der Waals surface area contributed by atoms with E-state index in [0.717, 1.165) is 0 Å². The van der Waals surface area contributed by atoms with Crippen LogP contribution in [0.15, 0.2) is 18.2 Å². The first-order valence-electron chi connectivity index (χ1n) is 13.2. The Morgan fingerprint density at radius 2 is 1.93 bits per heavy atom. The van der Waals surface area contributed by atoms with Crippen molar-refractivity contribution >= 4 is 36.0 Å². The Hall–Kier alpha value is -3.95. The molecule has 15 nitrogen and oxygen atoms in total. The number of anilines is 1. The number of nitrogens with one attached hydrogen (secondary N) is 4. The van der Waals surface area contributed by atoms with E-state index in [1.165, 1.54) is 12.1 Å². The van der Waals surface area contributed by atoms with E-state index in [2.05, 4.69) is 21.3 Å². The van der Waals surface area contributed by atoms with Crippen molar-refractivity contribution in [2.75, 3.05) is 18.9 Å². The largest absolute Gasteiger partial charge is 0.479 e. The normalized spacial score (nSPS) is 19.9. The summed E-state index contributed by atoms with van der Waals surface area (Å²) in [4.78, 5) is 59.5. The zero-order chi connectivity index (χ0) is 30.5. The molecule has 15 heteroatoms. The lowest BCUT2D eigenvalue weighted by Gasteiger charge is -2.31. The van der Waals surface area contributed by atoms with Gasteiger partial charge in [0, 0.05) is 19.4 Å². The molecule has 0 aliphatic carbocycles. The number of primary amides is 1. The van der Waals surface area contributed by atoms with Crippen molar-refractivity contribution in [2.24, 2.45) is 11.7 Å². The van der Waals surface area contributed by atoms with Crippen LogP contribution in [0.5, 0.6) is 5.75 Å². The predicted octanol–water partition coefficient (Wildman–Crippen LogP) is -0.195. The van der Waals surface area contributed by atoms with Crippen LogP contribution in [0, 0.1) is 5.92 Å². The highest BCUT2D eigenvalue weighted by atomic mass is 16.7. The topological polar surface area (TPSA) is 228 Å². The average molecular weight is 582 g/mol. The number of amides is 4. The van der Waals surface area contributed by atoms with Crippen LogP contribution in [0.25, 0.3) is 0 Å². The van der Waals surface area contributed by atoms with E-state index in [1.54, 1.807) is 13.1 Å². The van der Waals surface area contributed by atoms with Gasteiger partial charge < -0.3 is 51.4 Å². The Morgan fingerprint density at radius 1 is 1.20 bits per heavy atom. The van der Waals surface area contributed by atoms with Gasteiger partial charge in [-0.05, 0) is 43.5 Å². The van der Waals surface area contributed by atoms with Gasteiger partial charge in [-0.1, -0.05) is 19.9 Å². The first-order valence-corrected chi connectivity index (χ1v) is 13.2. The van der Waals surface area contributed by atoms with Crippen LogP contribution in [0.3, 0.4) is 0 Å². The molecule has 0 saturated carbocycles. The van der Waals surface area contributed by atoms with Gasteiger partial charge in [-0.15, -0.1) is 0 Å². The summed E-state index contributed by atoms with van der Waals surface area (Å²) in [6.45, 7) is 4.03. The maximum Gasteiger partial charge on any atom is 0.333 e. The van der Waals surface area contributed by atoms with E-state index in [-0.39, 0.29) is 56.2 Å². The van der Waals surface area contributed by atoms with Crippen molar-refractivity contribution in [1.29, 1.82) is 0 Å². The number of hydrogen-bond donors (Lipinski definition) is 7. The van der Waals surface area contributed by atoms with E-state index in [1.807, 2.05) is 13.8 Å². The smallest absolute Gasteiger partial charge is 0.333 e. The number of carbonyl (C=O) groups is 5. The summed E-state index contributed by atoms with van der Waals surface area (Å²) < 4.78 is 16.1. The zero-order valence-electron chi connectivity index (χ0n) is 23.3. The summed E-state index contributed by atoms with van der Waals surface area (Å²) in [6, 6.07) is 2.20. The molecule has 0 radical (unpaired) electrons. The maximum atomic E-state index is 13.5. The van der Waals surface area contributed by atoms with E-state index in [4.69, 9.17) is 19.9 Å². The second-order valence-electron chi connectivity index (χ2n) is 9.87. The van der Waals surface area contributed by atoms with Gasteiger partial charge in [-0.2, -0.15) is 0 Å². The number of urea groups is 1. The molecule has 0 aromatic heterocycles. The highest BCUT2D eigenvalue weighted by Crippen LogP contribution is 2.31. The number of carbonyl (C=O) groups excluding carboxylic acids is 4. The number of aliphatic carboxylic acids is 1. The minimum Gasteiger partial charge on any atom is -0.479 e. The Balaban J connectivity index is 2.30. The monoisotopic (exact) mass is 581 g/mol. The van der Waals surface area contributed by atoms with Crippen molar-refractivity contribution in [2.45, 2.75) is 76.7 Å². The third-order valence-electron chi connectivity index (χ3n) is 6.28. The lowest BCUT2D eigenvalue weighted by molar-refractivity contribution is -0.195. The molecule has 8 N–H and O–H groups in total. The van der Waals surface area contributed by atoms with Gasteiger partial charge in [-0.3, -0.25) is 14.4 Å². The van der Waals surface area contributed by atoms with E-state index in [9.17, 15) is 34.2 Å². The number of likely N-dealkylation sites (N-methyl/N-ethyl adjacent to an activating group) is 1. The minimum atomic E-state index is -1.28. The standard InChI is InChI=1S/C26H39N5O10/c1-14(2)22(28-3)24(35)30-17(5-4-8-29-26(27)38)23(34)31-18-9-15(12-39-13-32)6-7-19(18)40-21-11-16(33)10-20(41-21)25(36)37/h6-7,9,13-14,16-17,20-22,28,33H,4-5,8,10-12H2,1-3H3,(H,30,35)(H,31,34)(H,36,37)(H3,27,29,38). The molecule has 4 amide bonds. The number of nitrogens with two attached hydrogens (primary N) is 1. The van der Waals surface area contributed by atoms with Gasteiger partial charge in [0.1, 0.15) is 18.4 Å². The van der Waals surface area contributed by atoms with Crippen molar-refractivity contribution in [3.63, 3.8) is 0 Å². The first-order chi connectivity index (χ1) is 19.4. The zero-order valence-corrected chi connectivity index (χ0v) is 23.3. The van der Waals surface area contributed by atoms with Crippen molar-refractivity contribution in [3.8, 4) is 5.75 Å². The molecule has 1 heterocycles. The van der Waals surface area contributed by atoms with Gasteiger partial charge in [0.15, 0.2) is 6.10 Å². The number of benzene rings is 1. The Bertz CT molecular complexity index is 1070. The molecule has 1 aromatic carbocycles. The fourth-order valence-corrected chi connectivity index (χ4v) is 4.27. The molecule has 2 rings (SSSR count). The number of carboxylic acid groups (broad SMARTS) is 1. The molecule has 5 atom stereocenters. The fraction of sp³-hybridized carbons (Fsp3) is 0.577. The summed E-state index contributed by atoms with van der Waals surface area (Å²) in [7, 11) is 1.63. The Labute approximate surface area is 237 Å². The number of rotatable bonds is 16. The van der Waals surface area contributed by atoms with E-state index >= 15 is 0 Å². The summed E-state index contributed by atoms with van der Waals surface area (Å²) in [5.74, 6) is -2.25. The van der Waals surface area contributed by atoms with Crippen LogP contribution in [-0.4, -0.2) is 84.7 Å². The molecule has 1 aliphatic rings. The molecule has 1 saturated heterocycles. The number of aliphatic hydroxyl groups excluding tert-OH is 1. The lowest BCUT2D eigenvalue weighted by Crippen LogP contribution is -2.52. The molecule has 0 spiro atoms. The quantitative estimate of drug-likeness (QED) is 0.0999. The van der Waals surface area contributed by atoms with Gasteiger partial charge in [0.05, 0.1) is 17.8 Å². The molecule has 0 bridgehead atoms. The van der Waals surface area contributed by atoms with Crippen LogP contribution >= 0.6 is 0 Å². The summed E-state index contributed by atoms with van der Waals surface area (Å²) in [5.41, 5.74) is 5.73. The molecule has 5 unspecified atom stereocenters. The molecule has 1 aromatic rings. The third-order valence-corrected chi connectivity index (χ3v) is 6.28. The maximum absolute atomic E-state index is 13.5. The highest BCUT2D eigenvalue weighted by molar-refractivity contribution is 5.99. The second kappa shape index (κ2) is 16.3. The van der Waals surface area contributed by atoms with Crippen LogP contribution in [-0.2, 0) is 35.3 Å². The van der Waals surface area contributed by atoms with Crippen LogP contribution in [0.2, 0.25) is 0 Å². The van der Waals surface area contributed by atoms with E-state index in [0.29, 0.717) is 12.0 Å².